The van der Waals surface area contributed by atoms with Crippen molar-refractivity contribution < 1.29 is 4.79 Å². The summed E-state index contributed by atoms with van der Waals surface area (Å²) in [5.41, 5.74) is 5.21. The molecule has 0 saturated heterocycles. The lowest BCUT2D eigenvalue weighted by atomic mass is 9.97. The van der Waals surface area contributed by atoms with Gasteiger partial charge >= 0.3 is 0 Å². The molecule has 1 N–H and O–H groups in total. The van der Waals surface area contributed by atoms with Crippen LogP contribution in [0.2, 0.25) is 0 Å². The lowest BCUT2D eigenvalue weighted by Crippen LogP contribution is -2.28. The number of rotatable bonds is 7. The third-order valence-corrected chi connectivity index (χ3v) is 6.56. The fourth-order valence-electron chi connectivity index (χ4n) is 3.91. The summed E-state index contributed by atoms with van der Waals surface area (Å²) >= 11 is 3.41. The predicted molar refractivity (Wildman–Crippen MR) is 134 cm³/mol. The lowest BCUT2D eigenvalue weighted by molar-refractivity contribution is 0.0937. The molecule has 0 radical (unpaired) electrons. The quantitative estimate of drug-likeness (QED) is 0.308. The highest BCUT2D eigenvalue weighted by Crippen LogP contribution is 2.24. The summed E-state index contributed by atoms with van der Waals surface area (Å²) in [6.07, 6.45) is 1.13. The van der Waals surface area contributed by atoms with E-state index in [1.807, 2.05) is 49.4 Å². The average molecular weight is 490 g/mol. The maximum absolute atomic E-state index is 12.8. The van der Waals surface area contributed by atoms with Crippen LogP contribution < -0.4 is 5.32 Å². The largest absolute Gasteiger partial charge is 0.342 e. The van der Waals surface area contributed by atoms with Crippen LogP contribution in [0.25, 0.3) is 11.0 Å². The zero-order valence-corrected chi connectivity index (χ0v) is 20.3. The summed E-state index contributed by atoms with van der Waals surface area (Å²) in [6, 6.07) is 24.1. The Morgan fingerprint density at radius 1 is 1.00 bits per heavy atom. The maximum atomic E-state index is 12.8. The van der Waals surface area contributed by atoms with Crippen molar-refractivity contribution in [1.82, 2.24) is 14.9 Å². The van der Waals surface area contributed by atoms with Crippen molar-refractivity contribution in [2.75, 3.05) is 0 Å². The third-order valence-electron chi connectivity index (χ3n) is 6.03. The van der Waals surface area contributed by atoms with Crippen molar-refractivity contribution in [3.63, 3.8) is 0 Å². The van der Waals surface area contributed by atoms with Crippen LogP contribution in [0.5, 0.6) is 0 Å². The highest BCUT2D eigenvalue weighted by molar-refractivity contribution is 9.10. The van der Waals surface area contributed by atoms with Crippen molar-refractivity contribution in [1.29, 1.82) is 0 Å². The number of imidazole rings is 1. The molecular formula is C27H28BrN3O. The number of nitrogens with one attached hydrogen (secondary N) is 1. The summed E-state index contributed by atoms with van der Waals surface area (Å²) in [6.45, 7) is 7.16. The van der Waals surface area contributed by atoms with Gasteiger partial charge in [-0.3, -0.25) is 4.79 Å². The second-order valence-corrected chi connectivity index (χ2v) is 9.21. The van der Waals surface area contributed by atoms with E-state index in [1.54, 1.807) is 0 Å². The van der Waals surface area contributed by atoms with Gasteiger partial charge in [-0.05, 0) is 66.8 Å². The molecule has 0 saturated carbocycles. The molecule has 0 spiro atoms. The van der Waals surface area contributed by atoms with Crippen LogP contribution in [-0.2, 0) is 6.54 Å². The van der Waals surface area contributed by atoms with Crippen LogP contribution in [0.1, 0.15) is 66.5 Å². The van der Waals surface area contributed by atoms with Crippen molar-refractivity contribution >= 4 is 32.9 Å². The van der Waals surface area contributed by atoms with E-state index in [4.69, 9.17) is 4.98 Å². The first kappa shape index (κ1) is 22.3. The molecule has 4 aromatic rings. The van der Waals surface area contributed by atoms with Crippen LogP contribution in [-0.4, -0.2) is 15.5 Å². The molecule has 0 aliphatic carbocycles. The first-order valence-electron chi connectivity index (χ1n) is 11.1. The highest BCUT2D eigenvalue weighted by Gasteiger charge is 2.19. The summed E-state index contributed by atoms with van der Waals surface area (Å²) in [7, 11) is 0. The fourth-order valence-corrected chi connectivity index (χ4v) is 4.17. The molecule has 3 aromatic carbocycles. The van der Waals surface area contributed by atoms with E-state index < -0.39 is 0 Å². The number of aromatic nitrogens is 2. The first-order chi connectivity index (χ1) is 15.5. The molecule has 4 rings (SSSR count). The minimum absolute atomic E-state index is 0.110. The summed E-state index contributed by atoms with van der Waals surface area (Å²) < 4.78 is 3.16. The molecule has 0 fully saturated rings. The Kier molecular flexibility index (Phi) is 6.75. The van der Waals surface area contributed by atoms with Crippen LogP contribution in [0.3, 0.4) is 0 Å². The molecule has 0 aliphatic rings. The standard InChI is InChI=1S/C27H28BrN3O/c1-4-18(2)21-11-9-20(10-12-21)17-31-25-8-6-5-7-24(25)30-26(31)19(3)29-27(32)22-13-15-23(28)16-14-22/h5-16,18-19H,4,17H2,1-3H3,(H,29,32). The number of para-hydroxylation sites is 2. The molecule has 1 heterocycles. The second kappa shape index (κ2) is 9.70. The van der Waals surface area contributed by atoms with Crippen LogP contribution in [0.15, 0.2) is 77.3 Å². The number of hydrogen-bond donors (Lipinski definition) is 1. The molecule has 5 heteroatoms. The van der Waals surface area contributed by atoms with Gasteiger partial charge in [-0.2, -0.15) is 0 Å². The third kappa shape index (κ3) is 4.78. The van der Waals surface area contributed by atoms with E-state index in [0.717, 1.165) is 27.8 Å². The number of carbonyl (C=O) groups is 1. The van der Waals surface area contributed by atoms with E-state index in [0.29, 0.717) is 18.0 Å². The molecule has 1 aromatic heterocycles. The molecule has 2 unspecified atom stereocenters. The van der Waals surface area contributed by atoms with Gasteiger partial charge in [0.25, 0.3) is 5.91 Å². The van der Waals surface area contributed by atoms with Gasteiger partial charge in [0.1, 0.15) is 5.82 Å². The predicted octanol–water partition coefficient (Wildman–Crippen LogP) is 6.85. The zero-order chi connectivity index (χ0) is 22.7. The minimum Gasteiger partial charge on any atom is -0.342 e. The number of amides is 1. The van der Waals surface area contributed by atoms with Gasteiger partial charge in [-0.1, -0.05) is 66.2 Å². The molecular weight excluding hydrogens is 462 g/mol. The van der Waals surface area contributed by atoms with Crippen LogP contribution in [0, 0.1) is 0 Å². The van der Waals surface area contributed by atoms with E-state index in [1.165, 1.54) is 11.1 Å². The average Bonchev–Trinajstić information content (AvgIpc) is 3.18. The van der Waals surface area contributed by atoms with Crippen molar-refractivity contribution in [2.24, 2.45) is 0 Å². The number of nitrogens with zero attached hydrogens (tertiary/aromatic N) is 2. The van der Waals surface area contributed by atoms with Gasteiger partial charge in [-0.25, -0.2) is 4.98 Å². The van der Waals surface area contributed by atoms with Gasteiger partial charge in [0.2, 0.25) is 0 Å². The van der Waals surface area contributed by atoms with E-state index in [2.05, 4.69) is 70.0 Å². The molecule has 2 atom stereocenters. The Morgan fingerprint density at radius 2 is 1.69 bits per heavy atom. The highest BCUT2D eigenvalue weighted by atomic mass is 79.9. The summed E-state index contributed by atoms with van der Waals surface area (Å²) in [5.74, 6) is 1.30. The SMILES string of the molecule is CCC(C)c1ccc(Cn2c(C(C)NC(=O)c3ccc(Br)cc3)nc3ccccc32)cc1. The lowest BCUT2D eigenvalue weighted by Gasteiger charge is -2.17. The summed E-state index contributed by atoms with van der Waals surface area (Å²) in [4.78, 5) is 17.7. The van der Waals surface area contributed by atoms with Crippen molar-refractivity contribution in [3.05, 3.63) is 99.8 Å². The molecule has 0 bridgehead atoms. The monoisotopic (exact) mass is 489 g/mol. The molecule has 32 heavy (non-hydrogen) atoms. The minimum atomic E-state index is -0.238. The topological polar surface area (TPSA) is 46.9 Å². The van der Waals surface area contributed by atoms with Gasteiger partial charge in [0.15, 0.2) is 0 Å². The van der Waals surface area contributed by atoms with Gasteiger partial charge in [-0.15, -0.1) is 0 Å². The van der Waals surface area contributed by atoms with E-state index >= 15 is 0 Å². The van der Waals surface area contributed by atoms with Gasteiger partial charge in [0.05, 0.1) is 17.1 Å². The van der Waals surface area contributed by atoms with Crippen molar-refractivity contribution in [2.45, 2.75) is 45.7 Å². The molecule has 1 amide bonds. The van der Waals surface area contributed by atoms with Gasteiger partial charge < -0.3 is 9.88 Å². The Hall–Kier alpha value is -2.92. The Balaban J connectivity index is 1.62. The number of hydrogen-bond acceptors (Lipinski definition) is 2. The zero-order valence-electron chi connectivity index (χ0n) is 18.7. The van der Waals surface area contributed by atoms with Crippen LogP contribution >= 0.6 is 15.9 Å². The van der Waals surface area contributed by atoms with E-state index in [9.17, 15) is 4.79 Å². The van der Waals surface area contributed by atoms with E-state index in [-0.39, 0.29) is 11.9 Å². The second-order valence-electron chi connectivity index (χ2n) is 8.30. The maximum Gasteiger partial charge on any atom is 0.251 e. The smallest absolute Gasteiger partial charge is 0.251 e. The number of fused-ring (bicyclic) bond motifs is 1. The van der Waals surface area contributed by atoms with Crippen LogP contribution in [0.4, 0.5) is 0 Å². The first-order valence-corrected chi connectivity index (χ1v) is 11.9. The summed E-state index contributed by atoms with van der Waals surface area (Å²) in [5, 5.41) is 3.11. The Bertz CT molecular complexity index is 1210. The van der Waals surface area contributed by atoms with Gasteiger partial charge in [0, 0.05) is 16.6 Å². The van der Waals surface area contributed by atoms with Crippen molar-refractivity contribution in [3.8, 4) is 0 Å². The number of halogens is 1. The Morgan fingerprint density at radius 3 is 2.38 bits per heavy atom. The normalized spacial score (nSPS) is 13.1. The molecule has 0 aliphatic heterocycles. The fraction of sp³-hybridized carbons (Fsp3) is 0.259. The number of benzene rings is 3. The molecule has 164 valence electrons. The Labute approximate surface area is 197 Å². The number of carbonyl (C=O) groups excluding carboxylic acids is 1. The molecule has 4 nitrogen and oxygen atoms in total.